The summed E-state index contributed by atoms with van der Waals surface area (Å²) in [6, 6.07) is 5.57. The number of aryl methyl sites for hydroxylation is 1. The van der Waals surface area contributed by atoms with E-state index < -0.39 is 0 Å². The minimum Gasteiger partial charge on any atom is -0.325 e. The van der Waals surface area contributed by atoms with Crippen molar-refractivity contribution in [3.05, 3.63) is 29.3 Å². The molecule has 90 valence electrons. The van der Waals surface area contributed by atoms with Crippen LogP contribution in [0.4, 0.5) is 5.69 Å². The van der Waals surface area contributed by atoms with E-state index in [-0.39, 0.29) is 17.6 Å². The Kier molecular flexibility index (Phi) is 3.27. The van der Waals surface area contributed by atoms with Gasteiger partial charge in [0.1, 0.15) is 0 Å². The maximum absolute atomic E-state index is 12.2. The van der Waals surface area contributed by atoms with E-state index in [1.54, 1.807) is 6.07 Å². The van der Waals surface area contributed by atoms with Gasteiger partial charge in [0.2, 0.25) is 5.91 Å². The van der Waals surface area contributed by atoms with Crippen molar-refractivity contribution >= 4 is 17.4 Å². The van der Waals surface area contributed by atoms with Crippen LogP contribution in [0, 0.1) is 12.8 Å². The Labute approximate surface area is 101 Å². The highest BCUT2D eigenvalue weighted by Gasteiger charge is 2.28. The first-order valence-corrected chi connectivity index (χ1v) is 6.07. The third kappa shape index (κ3) is 2.23. The standard InChI is InChI=1S/C14H17NO2/c1-3-5-10-8-12(16)13-9(2)6-4-7-11(13)15-14(10)17/h4,6-7,10H,3,5,8H2,1-2H3,(H,15,17)/t10-/m1/s1. The van der Waals surface area contributed by atoms with Gasteiger partial charge in [-0.2, -0.15) is 0 Å². The highest BCUT2D eigenvalue weighted by atomic mass is 16.2. The van der Waals surface area contributed by atoms with Crippen LogP contribution in [0.2, 0.25) is 0 Å². The van der Waals surface area contributed by atoms with Crippen molar-refractivity contribution in [2.24, 2.45) is 5.92 Å². The molecule has 0 bridgehead atoms. The average Bonchev–Trinajstić information content (AvgIpc) is 2.38. The Hall–Kier alpha value is -1.64. The lowest BCUT2D eigenvalue weighted by molar-refractivity contribution is -0.120. The Balaban J connectivity index is 2.40. The summed E-state index contributed by atoms with van der Waals surface area (Å²) in [4.78, 5) is 24.1. The number of carbonyl (C=O) groups excluding carboxylic acids is 2. The number of hydrogen-bond donors (Lipinski definition) is 1. The number of hydrogen-bond acceptors (Lipinski definition) is 2. The van der Waals surface area contributed by atoms with E-state index in [4.69, 9.17) is 0 Å². The third-order valence-corrected chi connectivity index (χ3v) is 3.25. The normalized spacial score (nSPS) is 19.5. The number of nitrogens with one attached hydrogen (secondary N) is 1. The molecule has 2 rings (SSSR count). The van der Waals surface area contributed by atoms with Crippen LogP contribution in [0.3, 0.4) is 0 Å². The van der Waals surface area contributed by atoms with Gasteiger partial charge in [0.05, 0.1) is 5.69 Å². The molecule has 1 N–H and O–H groups in total. The molecule has 0 saturated carbocycles. The summed E-state index contributed by atoms with van der Waals surface area (Å²) in [5.74, 6) is -0.126. The van der Waals surface area contributed by atoms with E-state index in [0.29, 0.717) is 17.7 Å². The number of amides is 1. The molecule has 1 aromatic rings. The van der Waals surface area contributed by atoms with E-state index in [2.05, 4.69) is 5.32 Å². The van der Waals surface area contributed by atoms with E-state index in [1.165, 1.54) is 0 Å². The summed E-state index contributed by atoms with van der Waals surface area (Å²) in [6.45, 7) is 3.93. The van der Waals surface area contributed by atoms with Gasteiger partial charge >= 0.3 is 0 Å². The summed E-state index contributed by atoms with van der Waals surface area (Å²) >= 11 is 0. The molecule has 1 heterocycles. The summed E-state index contributed by atoms with van der Waals surface area (Å²) in [5, 5.41) is 2.87. The highest BCUT2D eigenvalue weighted by Crippen LogP contribution is 2.28. The Bertz CT molecular complexity index is 465. The van der Waals surface area contributed by atoms with Crippen LogP contribution in [0.25, 0.3) is 0 Å². The Morgan fingerprint density at radius 3 is 2.82 bits per heavy atom. The number of benzene rings is 1. The number of Topliss-reactive ketones (excluding diaryl/α,β-unsaturated/α-hetero) is 1. The molecule has 0 aliphatic carbocycles. The first kappa shape index (κ1) is 11.8. The zero-order valence-corrected chi connectivity index (χ0v) is 10.2. The number of fused-ring (bicyclic) bond motifs is 1. The van der Waals surface area contributed by atoms with Crippen molar-refractivity contribution in [1.82, 2.24) is 0 Å². The van der Waals surface area contributed by atoms with Crippen LogP contribution in [0.1, 0.15) is 42.1 Å². The van der Waals surface area contributed by atoms with Crippen molar-refractivity contribution in [3.63, 3.8) is 0 Å². The molecule has 3 heteroatoms. The van der Waals surface area contributed by atoms with Gasteiger partial charge in [-0.1, -0.05) is 25.5 Å². The van der Waals surface area contributed by atoms with Crippen LogP contribution < -0.4 is 5.32 Å². The monoisotopic (exact) mass is 231 g/mol. The van der Waals surface area contributed by atoms with Crippen LogP contribution in [0.15, 0.2) is 18.2 Å². The maximum atomic E-state index is 12.2. The molecule has 1 atom stereocenters. The molecule has 17 heavy (non-hydrogen) atoms. The van der Waals surface area contributed by atoms with Crippen molar-refractivity contribution in [3.8, 4) is 0 Å². The molecular weight excluding hydrogens is 214 g/mol. The topological polar surface area (TPSA) is 46.2 Å². The number of anilines is 1. The minimum absolute atomic E-state index is 0.0236. The van der Waals surface area contributed by atoms with E-state index in [0.717, 1.165) is 18.4 Å². The molecule has 1 aromatic carbocycles. The Morgan fingerprint density at radius 2 is 2.12 bits per heavy atom. The second-order valence-corrected chi connectivity index (χ2v) is 4.60. The molecule has 0 fully saturated rings. The van der Waals surface area contributed by atoms with Crippen LogP contribution in [-0.2, 0) is 4.79 Å². The fourth-order valence-corrected chi connectivity index (χ4v) is 2.38. The van der Waals surface area contributed by atoms with E-state index in [1.807, 2.05) is 26.0 Å². The summed E-state index contributed by atoms with van der Waals surface area (Å²) in [5.41, 5.74) is 2.28. The molecule has 0 spiro atoms. The molecule has 1 aliphatic rings. The van der Waals surface area contributed by atoms with E-state index >= 15 is 0 Å². The second-order valence-electron chi connectivity index (χ2n) is 4.60. The van der Waals surface area contributed by atoms with Gasteiger partial charge in [-0.25, -0.2) is 0 Å². The third-order valence-electron chi connectivity index (χ3n) is 3.25. The molecule has 0 unspecified atom stereocenters. The van der Waals surface area contributed by atoms with Gasteiger partial charge in [0.25, 0.3) is 0 Å². The van der Waals surface area contributed by atoms with Crippen LogP contribution in [0.5, 0.6) is 0 Å². The predicted octanol–water partition coefficient (Wildman–Crippen LogP) is 2.94. The molecule has 0 saturated heterocycles. The summed E-state index contributed by atoms with van der Waals surface area (Å²) in [7, 11) is 0. The average molecular weight is 231 g/mol. The molecule has 0 radical (unpaired) electrons. The largest absolute Gasteiger partial charge is 0.325 e. The molecule has 1 amide bonds. The van der Waals surface area contributed by atoms with Gasteiger partial charge in [-0.05, 0) is 25.0 Å². The van der Waals surface area contributed by atoms with Crippen molar-refractivity contribution in [2.45, 2.75) is 33.1 Å². The lowest BCUT2D eigenvalue weighted by Crippen LogP contribution is -2.21. The summed E-state index contributed by atoms with van der Waals surface area (Å²) in [6.07, 6.45) is 2.02. The number of ketones is 1. The Morgan fingerprint density at radius 1 is 1.35 bits per heavy atom. The predicted molar refractivity (Wildman–Crippen MR) is 67.2 cm³/mol. The molecule has 0 aromatic heterocycles. The van der Waals surface area contributed by atoms with Crippen molar-refractivity contribution < 1.29 is 9.59 Å². The molecule has 3 nitrogen and oxygen atoms in total. The van der Waals surface area contributed by atoms with E-state index in [9.17, 15) is 9.59 Å². The zero-order valence-electron chi connectivity index (χ0n) is 10.2. The first-order chi connectivity index (χ1) is 8.13. The maximum Gasteiger partial charge on any atom is 0.227 e. The smallest absolute Gasteiger partial charge is 0.227 e. The minimum atomic E-state index is -0.181. The SMILES string of the molecule is CCC[C@@H]1CC(=O)c2c(C)cccc2NC1=O. The number of carbonyl (C=O) groups is 2. The van der Waals surface area contributed by atoms with Gasteiger partial charge in [-0.15, -0.1) is 0 Å². The van der Waals surface area contributed by atoms with Crippen molar-refractivity contribution in [2.75, 3.05) is 5.32 Å². The summed E-state index contributed by atoms with van der Waals surface area (Å²) < 4.78 is 0. The van der Waals surface area contributed by atoms with Gasteiger partial charge < -0.3 is 5.32 Å². The lowest BCUT2D eigenvalue weighted by Gasteiger charge is -2.10. The fourth-order valence-electron chi connectivity index (χ4n) is 2.38. The molecular formula is C14H17NO2. The molecule has 1 aliphatic heterocycles. The zero-order chi connectivity index (χ0) is 12.4. The fraction of sp³-hybridized carbons (Fsp3) is 0.429. The lowest BCUT2D eigenvalue weighted by atomic mass is 9.94. The van der Waals surface area contributed by atoms with Crippen LogP contribution >= 0.6 is 0 Å². The quantitative estimate of drug-likeness (QED) is 0.850. The highest BCUT2D eigenvalue weighted by molar-refractivity contribution is 6.10. The van der Waals surface area contributed by atoms with Gasteiger partial charge in [-0.3, -0.25) is 9.59 Å². The first-order valence-electron chi connectivity index (χ1n) is 6.07. The van der Waals surface area contributed by atoms with Crippen LogP contribution in [-0.4, -0.2) is 11.7 Å². The van der Waals surface area contributed by atoms with Gasteiger partial charge in [0, 0.05) is 17.9 Å². The second kappa shape index (κ2) is 4.70. The number of rotatable bonds is 2. The van der Waals surface area contributed by atoms with Gasteiger partial charge in [0.15, 0.2) is 5.78 Å². The van der Waals surface area contributed by atoms with Crippen molar-refractivity contribution in [1.29, 1.82) is 0 Å².